The summed E-state index contributed by atoms with van der Waals surface area (Å²) in [7, 11) is 0. The highest BCUT2D eigenvalue weighted by Gasteiger charge is 2.41. The van der Waals surface area contributed by atoms with Crippen molar-refractivity contribution < 1.29 is 23.1 Å². The summed E-state index contributed by atoms with van der Waals surface area (Å²) in [5.74, 6) is -3.78. The number of para-hydroxylation sites is 1. The molecule has 2 rings (SSSR count). The second-order valence-electron chi connectivity index (χ2n) is 3.96. The van der Waals surface area contributed by atoms with Crippen LogP contribution in [0.2, 0.25) is 0 Å². The van der Waals surface area contributed by atoms with Crippen molar-refractivity contribution in [2.45, 2.75) is 18.5 Å². The van der Waals surface area contributed by atoms with Crippen LogP contribution in [0.4, 0.5) is 13.2 Å². The molecule has 0 aliphatic heterocycles. The van der Waals surface area contributed by atoms with Crippen LogP contribution in [-0.2, 0) is 4.79 Å². The lowest BCUT2D eigenvalue weighted by atomic mass is 9.95. The molecule has 0 aliphatic rings. The predicted octanol–water partition coefficient (Wildman–Crippen LogP) is 1.95. The van der Waals surface area contributed by atoms with Crippen LogP contribution in [0.15, 0.2) is 30.5 Å². The summed E-state index contributed by atoms with van der Waals surface area (Å²) in [6.07, 6.45) is -4.50. The van der Waals surface area contributed by atoms with E-state index in [1.165, 1.54) is 12.3 Å². The Bertz CT molecular complexity index is 574. The maximum Gasteiger partial charge on any atom is 0.396 e. The summed E-state index contributed by atoms with van der Waals surface area (Å²) in [4.78, 5) is 13.2. The molecule has 0 amide bonds. The van der Waals surface area contributed by atoms with Crippen molar-refractivity contribution in [1.29, 1.82) is 0 Å². The van der Waals surface area contributed by atoms with Gasteiger partial charge in [0.25, 0.3) is 0 Å². The van der Waals surface area contributed by atoms with Crippen LogP contribution in [0.1, 0.15) is 17.9 Å². The van der Waals surface area contributed by atoms with Gasteiger partial charge in [-0.1, -0.05) is 18.2 Å². The summed E-state index contributed by atoms with van der Waals surface area (Å²) < 4.78 is 38.6. The Morgan fingerprint density at radius 3 is 2.61 bits per heavy atom. The zero-order valence-electron chi connectivity index (χ0n) is 9.12. The average molecular weight is 256 g/mol. The molecule has 1 heterocycles. The van der Waals surface area contributed by atoms with Crippen LogP contribution in [0.3, 0.4) is 0 Å². The van der Waals surface area contributed by atoms with Crippen molar-refractivity contribution in [3.8, 4) is 0 Å². The molecule has 1 aromatic heterocycles. The number of hydrogen-bond acceptors (Lipinski definition) is 2. The first-order valence-corrected chi connectivity index (χ1v) is 5.22. The molecular weight excluding hydrogens is 247 g/mol. The monoisotopic (exact) mass is 256 g/mol. The molecule has 0 radical (unpaired) electrons. The Hall–Kier alpha value is -1.98. The number of carboxylic acids is 1. The van der Waals surface area contributed by atoms with Crippen molar-refractivity contribution in [3.63, 3.8) is 0 Å². The highest BCUT2D eigenvalue weighted by atomic mass is 19.4. The van der Waals surface area contributed by atoms with E-state index in [1.54, 1.807) is 18.2 Å². The first-order chi connectivity index (χ1) is 8.39. The minimum Gasteiger partial charge on any atom is -0.550 e. The number of H-pyrrole nitrogens is 1. The number of carbonyl (C=O) groups excluding carboxylic acids is 1. The van der Waals surface area contributed by atoms with Crippen molar-refractivity contribution >= 4 is 16.9 Å². The molecule has 1 N–H and O–H groups in total. The van der Waals surface area contributed by atoms with Gasteiger partial charge in [-0.25, -0.2) is 0 Å². The van der Waals surface area contributed by atoms with Crippen LogP contribution in [0, 0.1) is 0 Å². The van der Waals surface area contributed by atoms with Gasteiger partial charge < -0.3 is 14.9 Å². The number of carbonyl (C=O) groups is 1. The molecule has 0 spiro atoms. The third-order valence-corrected chi connectivity index (χ3v) is 2.76. The van der Waals surface area contributed by atoms with Crippen LogP contribution in [0.25, 0.3) is 10.9 Å². The van der Waals surface area contributed by atoms with Crippen molar-refractivity contribution in [2.75, 3.05) is 0 Å². The summed E-state index contributed by atoms with van der Waals surface area (Å²) in [6.45, 7) is 0. The second kappa shape index (κ2) is 4.36. The van der Waals surface area contributed by atoms with Crippen LogP contribution in [0.5, 0.6) is 0 Å². The van der Waals surface area contributed by atoms with E-state index < -0.39 is 24.5 Å². The molecule has 0 aliphatic carbocycles. The first-order valence-electron chi connectivity index (χ1n) is 5.22. The molecule has 96 valence electrons. The topological polar surface area (TPSA) is 55.9 Å². The van der Waals surface area contributed by atoms with E-state index in [-0.39, 0.29) is 5.56 Å². The highest BCUT2D eigenvalue weighted by molar-refractivity contribution is 5.84. The maximum atomic E-state index is 12.9. The zero-order chi connectivity index (χ0) is 13.3. The summed E-state index contributed by atoms with van der Waals surface area (Å²) in [6, 6.07) is 6.44. The van der Waals surface area contributed by atoms with E-state index in [2.05, 4.69) is 4.98 Å². The van der Waals surface area contributed by atoms with Gasteiger partial charge in [0.2, 0.25) is 0 Å². The Morgan fingerprint density at radius 1 is 1.33 bits per heavy atom. The van der Waals surface area contributed by atoms with Crippen LogP contribution in [-0.4, -0.2) is 17.1 Å². The van der Waals surface area contributed by atoms with Crippen molar-refractivity contribution in [2.24, 2.45) is 0 Å². The number of aromatic amines is 1. The Balaban J connectivity index is 2.51. The molecule has 1 aromatic carbocycles. The van der Waals surface area contributed by atoms with Crippen LogP contribution >= 0.6 is 0 Å². The first kappa shape index (κ1) is 12.5. The Labute approximate surface area is 100 Å². The summed E-state index contributed by atoms with van der Waals surface area (Å²) in [5, 5.41) is 10.8. The molecule has 0 saturated carbocycles. The number of carboxylic acid groups (broad SMARTS) is 1. The minimum absolute atomic E-state index is 0.0673. The van der Waals surface area contributed by atoms with Crippen molar-refractivity contribution in [3.05, 3.63) is 36.0 Å². The molecule has 1 unspecified atom stereocenters. The number of benzene rings is 1. The van der Waals surface area contributed by atoms with E-state index >= 15 is 0 Å². The number of hydrogen-bond donors (Lipinski definition) is 1. The zero-order valence-corrected chi connectivity index (χ0v) is 9.12. The lowest BCUT2D eigenvalue weighted by molar-refractivity contribution is -0.308. The van der Waals surface area contributed by atoms with Crippen molar-refractivity contribution in [1.82, 2.24) is 4.98 Å². The second-order valence-corrected chi connectivity index (χ2v) is 3.96. The number of alkyl halides is 3. The van der Waals surface area contributed by atoms with E-state index in [0.29, 0.717) is 10.9 Å². The van der Waals surface area contributed by atoms with Gasteiger partial charge >= 0.3 is 6.18 Å². The largest absolute Gasteiger partial charge is 0.550 e. The normalized spacial score (nSPS) is 13.7. The molecule has 3 nitrogen and oxygen atoms in total. The van der Waals surface area contributed by atoms with Gasteiger partial charge in [-0.15, -0.1) is 0 Å². The third-order valence-electron chi connectivity index (χ3n) is 2.76. The van der Waals surface area contributed by atoms with E-state index in [4.69, 9.17) is 0 Å². The smallest absolute Gasteiger partial charge is 0.396 e. The lowest BCUT2D eigenvalue weighted by Gasteiger charge is -2.20. The molecule has 18 heavy (non-hydrogen) atoms. The highest BCUT2D eigenvalue weighted by Crippen LogP contribution is 2.40. The standard InChI is InChI=1S/C12H10F3NO2/c13-12(14,15)9(5-11(17)18)8-6-16-10-4-2-1-3-7(8)10/h1-4,6,9,16H,5H2,(H,17,18)/p-1. The van der Waals surface area contributed by atoms with Gasteiger partial charge in [-0.05, 0) is 11.6 Å². The molecule has 0 saturated heterocycles. The maximum absolute atomic E-state index is 12.9. The van der Waals surface area contributed by atoms with Gasteiger partial charge in [0.1, 0.15) is 0 Å². The van der Waals surface area contributed by atoms with Gasteiger partial charge in [-0.2, -0.15) is 13.2 Å². The summed E-state index contributed by atoms with van der Waals surface area (Å²) in [5.41, 5.74) is 0.474. The molecule has 1 atom stereocenters. The fraction of sp³-hybridized carbons (Fsp3) is 0.250. The van der Waals surface area contributed by atoms with Gasteiger partial charge in [0, 0.05) is 29.5 Å². The number of halogens is 3. The number of aliphatic carboxylic acids is 1. The van der Waals surface area contributed by atoms with E-state index in [0.717, 1.165) is 0 Å². The number of nitrogens with one attached hydrogen (secondary N) is 1. The quantitative estimate of drug-likeness (QED) is 0.912. The number of aromatic nitrogens is 1. The minimum atomic E-state index is -4.62. The fourth-order valence-electron chi connectivity index (χ4n) is 1.95. The molecule has 2 aromatic rings. The number of rotatable bonds is 3. The third kappa shape index (κ3) is 2.32. The SMILES string of the molecule is O=C([O-])CC(c1c[nH]c2ccccc12)C(F)(F)F. The van der Waals surface area contributed by atoms with Gasteiger partial charge in [0.15, 0.2) is 0 Å². The van der Waals surface area contributed by atoms with Gasteiger partial charge in [-0.3, -0.25) is 0 Å². The van der Waals surface area contributed by atoms with Gasteiger partial charge in [0.05, 0.1) is 5.92 Å². The summed E-state index contributed by atoms with van der Waals surface area (Å²) >= 11 is 0. The Kier molecular flexibility index (Phi) is 3.02. The lowest BCUT2D eigenvalue weighted by Crippen LogP contribution is -2.30. The molecular formula is C12H9F3NO2-. The molecule has 6 heteroatoms. The van der Waals surface area contributed by atoms with E-state index in [1.807, 2.05) is 0 Å². The number of fused-ring (bicyclic) bond motifs is 1. The average Bonchev–Trinajstić information content (AvgIpc) is 2.67. The molecule has 0 bridgehead atoms. The Morgan fingerprint density at radius 2 is 2.00 bits per heavy atom. The van der Waals surface area contributed by atoms with E-state index in [9.17, 15) is 23.1 Å². The predicted molar refractivity (Wildman–Crippen MR) is 56.7 cm³/mol. The van der Waals surface area contributed by atoms with Crippen LogP contribution < -0.4 is 5.11 Å². The fourth-order valence-corrected chi connectivity index (χ4v) is 1.95. The molecule has 0 fully saturated rings.